The smallest absolute Gasteiger partial charge is 0.320 e. The lowest BCUT2D eigenvalue weighted by Crippen LogP contribution is -2.32. The quantitative estimate of drug-likeness (QED) is 0.673. The number of ether oxygens (including phenoxy) is 1. The summed E-state index contributed by atoms with van der Waals surface area (Å²) in [5, 5.41) is 0. The number of aromatic nitrogens is 1. The fraction of sp³-hybridized carbons (Fsp3) is 0.538. The molecule has 0 N–H and O–H groups in total. The largest absolute Gasteiger partial charge is 0.465 e. The highest BCUT2D eigenvalue weighted by Gasteiger charge is 2.09. The Morgan fingerprint density at radius 2 is 2.06 bits per heavy atom. The average molecular weight is 236 g/mol. The average Bonchev–Trinajstić information content (AvgIpc) is 2.36. The molecule has 0 aromatic carbocycles. The summed E-state index contributed by atoms with van der Waals surface area (Å²) in [4.78, 5) is 17.4. The van der Waals surface area contributed by atoms with E-state index >= 15 is 0 Å². The van der Waals surface area contributed by atoms with Crippen LogP contribution >= 0.6 is 0 Å². The fourth-order valence-corrected chi connectivity index (χ4v) is 1.57. The first-order chi connectivity index (χ1) is 8.26. The monoisotopic (exact) mass is 236 g/mol. The molecule has 0 fully saturated rings. The summed E-state index contributed by atoms with van der Waals surface area (Å²) >= 11 is 0. The maximum absolute atomic E-state index is 11.3. The molecule has 1 aromatic rings. The first-order valence-corrected chi connectivity index (χ1v) is 6.03. The predicted octanol–water partition coefficient (Wildman–Crippen LogP) is 1.51. The molecule has 94 valence electrons. The molecular formula is C13H20N2O2. The van der Waals surface area contributed by atoms with Gasteiger partial charge in [0.2, 0.25) is 0 Å². The van der Waals surface area contributed by atoms with Gasteiger partial charge in [0.05, 0.1) is 13.2 Å². The summed E-state index contributed by atoms with van der Waals surface area (Å²) in [6.45, 7) is 6.40. The summed E-state index contributed by atoms with van der Waals surface area (Å²) in [5.74, 6) is -0.149. The number of pyridine rings is 1. The van der Waals surface area contributed by atoms with Crippen molar-refractivity contribution >= 4 is 5.97 Å². The molecule has 0 saturated heterocycles. The Bertz CT molecular complexity index is 327. The van der Waals surface area contributed by atoms with Gasteiger partial charge in [0, 0.05) is 18.9 Å². The van der Waals surface area contributed by atoms with Crippen molar-refractivity contribution in [3.05, 3.63) is 30.1 Å². The highest BCUT2D eigenvalue weighted by Crippen LogP contribution is 2.00. The Labute approximate surface area is 103 Å². The second-order valence-electron chi connectivity index (χ2n) is 3.78. The van der Waals surface area contributed by atoms with Crippen LogP contribution in [0.3, 0.4) is 0 Å². The molecule has 0 saturated carbocycles. The van der Waals surface area contributed by atoms with E-state index in [1.54, 1.807) is 12.4 Å². The van der Waals surface area contributed by atoms with Gasteiger partial charge in [0.25, 0.3) is 0 Å². The van der Waals surface area contributed by atoms with Crippen LogP contribution in [0.4, 0.5) is 0 Å². The molecule has 0 radical (unpaired) electrons. The predicted molar refractivity (Wildman–Crippen MR) is 66.7 cm³/mol. The van der Waals surface area contributed by atoms with Crippen molar-refractivity contribution < 1.29 is 9.53 Å². The standard InChI is InChI=1S/C13H20N2O2/c1-3-15(11-13(16)17-4-2)10-7-12-5-8-14-9-6-12/h5-6,8-9H,3-4,7,10-11H2,1-2H3. The van der Waals surface area contributed by atoms with Gasteiger partial charge in [-0.25, -0.2) is 0 Å². The summed E-state index contributed by atoms with van der Waals surface area (Å²) < 4.78 is 4.94. The normalized spacial score (nSPS) is 10.5. The number of likely N-dealkylation sites (N-methyl/N-ethyl adjacent to an activating group) is 1. The van der Waals surface area contributed by atoms with Crippen LogP contribution in [0.25, 0.3) is 0 Å². The van der Waals surface area contributed by atoms with Crippen molar-refractivity contribution in [3.63, 3.8) is 0 Å². The molecule has 4 heteroatoms. The number of hydrogen-bond acceptors (Lipinski definition) is 4. The molecule has 1 rings (SSSR count). The number of hydrogen-bond donors (Lipinski definition) is 0. The Kier molecular flexibility index (Phi) is 6.25. The van der Waals surface area contributed by atoms with Crippen molar-refractivity contribution in [2.24, 2.45) is 0 Å². The molecule has 1 heterocycles. The maximum atomic E-state index is 11.3. The summed E-state index contributed by atoms with van der Waals surface area (Å²) in [7, 11) is 0. The topological polar surface area (TPSA) is 42.4 Å². The van der Waals surface area contributed by atoms with E-state index in [1.165, 1.54) is 5.56 Å². The van der Waals surface area contributed by atoms with E-state index in [0.717, 1.165) is 19.5 Å². The maximum Gasteiger partial charge on any atom is 0.320 e. The van der Waals surface area contributed by atoms with Gasteiger partial charge in [-0.2, -0.15) is 0 Å². The van der Waals surface area contributed by atoms with E-state index in [2.05, 4.69) is 9.88 Å². The Hall–Kier alpha value is -1.42. The van der Waals surface area contributed by atoms with Crippen molar-refractivity contribution in [2.75, 3.05) is 26.2 Å². The highest BCUT2D eigenvalue weighted by atomic mass is 16.5. The minimum Gasteiger partial charge on any atom is -0.465 e. The molecule has 0 atom stereocenters. The second-order valence-corrected chi connectivity index (χ2v) is 3.78. The van der Waals surface area contributed by atoms with Crippen LogP contribution in [-0.2, 0) is 16.0 Å². The zero-order chi connectivity index (χ0) is 12.5. The van der Waals surface area contributed by atoms with Gasteiger partial charge in [0.1, 0.15) is 0 Å². The molecule has 0 bridgehead atoms. The van der Waals surface area contributed by atoms with Crippen LogP contribution < -0.4 is 0 Å². The molecule has 17 heavy (non-hydrogen) atoms. The van der Waals surface area contributed by atoms with Crippen molar-refractivity contribution in [1.29, 1.82) is 0 Å². The first-order valence-electron chi connectivity index (χ1n) is 6.03. The van der Waals surface area contributed by atoms with Crippen molar-refractivity contribution in [3.8, 4) is 0 Å². The Balaban J connectivity index is 2.34. The van der Waals surface area contributed by atoms with Crippen molar-refractivity contribution in [1.82, 2.24) is 9.88 Å². The Morgan fingerprint density at radius 1 is 1.35 bits per heavy atom. The molecule has 0 aliphatic heterocycles. The molecule has 0 aliphatic rings. The number of carbonyl (C=O) groups excluding carboxylic acids is 1. The van der Waals surface area contributed by atoms with Gasteiger partial charge in [-0.3, -0.25) is 14.7 Å². The molecule has 0 spiro atoms. The van der Waals surface area contributed by atoms with E-state index < -0.39 is 0 Å². The summed E-state index contributed by atoms with van der Waals surface area (Å²) in [6, 6.07) is 4.00. The van der Waals surface area contributed by atoms with Crippen LogP contribution in [0.15, 0.2) is 24.5 Å². The van der Waals surface area contributed by atoms with Gasteiger partial charge >= 0.3 is 5.97 Å². The number of nitrogens with zero attached hydrogens (tertiary/aromatic N) is 2. The SMILES string of the molecule is CCOC(=O)CN(CC)CCc1ccncc1. The van der Waals surface area contributed by atoms with Gasteiger partial charge in [0.15, 0.2) is 0 Å². The molecular weight excluding hydrogens is 216 g/mol. The van der Waals surface area contributed by atoms with Crippen LogP contribution in [0.1, 0.15) is 19.4 Å². The summed E-state index contributed by atoms with van der Waals surface area (Å²) in [5.41, 5.74) is 1.24. The zero-order valence-electron chi connectivity index (χ0n) is 10.6. The van der Waals surface area contributed by atoms with E-state index in [1.807, 2.05) is 26.0 Å². The fourth-order valence-electron chi connectivity index (χ4n) is 1.57. The number of rotatable bonds is 7. The lowest BCUT2D eigenvalue weighted by Gasteiger charge is -2.18. The minimum atomic E-state index is -0.149. The van der Waals surface area contributed by atoms with Gasteiger partial charge < -0.3 is 4.74 Å². The first kappa shape index (κ1) is 13.6. The number of esters is 1. The van der Waals surface area contributed by atoms with Crippen LogP contribution in [0, 0.1) is 0 Å². The molecule has 1 aromatic heterocycles. The van der Waals surface area contributed by atoms with E-state index in [0.29, 0.717) is 13.2 Å². The van der Waals surface area contributed by atoms with E-state index in [9.17, 15) is 4.79 Å². The summed E-state index contributed by atoms with van der Waals surface area (Å²) in [6.07, 6.45) is 4.50. The van der Waals surface area contributed by atoms with Crippen LogP contribution in [0.2, 0.25) is 0 Å². The van der Waals surface area contributed by atoms with Crippen LogP contribution in [-0.4, -0.2) is 42.1 Å². The zero-order valence-corrected chi connectivity index (χ0v) is 10.6. The lowest BCUT2D eigenvalue weighted by atomic mass is 10.2. The third kappa shape index (κ3) is 5.45. The van der Waals surface area contributed by atoms with E-state index in [-0.39, 0.29) is 5.97 Å². The molecule has 4 nitrogen and oxygen atoms in total. The highest BCUT2D eigenvalue weighted by molar-refractivity contribution is 5.71. The lowest BCUT2D eigenvalue weighted by molar-refractivity contribution is -0.144. The van der Waals surface area contributed by atoms with Gasteiger partial charge in [-0.15, -0.1) is 0 Å². The van der Waals surface area contributed by atoms with Gasteiger partial charge in [-0.05, 0) is 37.6 Å². The van der Waals surface area contributed by atoms with Gasteiger partial charge in [-0.1, -0.05) is 6.92 Å². The van der Waals surface area contributed by atoms with Crippen LogP contribution in [0.5, 0.6) is 0 Å². The molecule has 0 aliphatic carbocycles. The number of carbonyl (C=O) groups is 1. The molecule has 0 unspecified atom stereocenters. The molecule has 0 amide bonds. The Morgan fingerprint density at radius 3 is 2.65 bits per heavy atom. The van der Waals surface area contributed by atoms with E-state index in [4.69, 9.17) is 4.74 Å². The minimum absolute atomic E-state index is 0.149. The second kappa shape index (κ2) is 7.79. The van der Waals surface area contributed by atoms with Crippen molar-refractivity contribution in [2.45, 2.75) is 20.3 Å². The third-order valence-corrected chi connectivity index (χ3v) is 2.57. The third-order valence-electron chi connectivity index (χ3n) is 2.57.